The van der Waals surface area contributed by atoms with E-state index in [-0.39, 0.29) is 0 Å². The van der Waals surface area contributed by atoms with E-state index in [2.05, 4.69) is 58.5 Å². The molecule has 0 radical (unpaired) electrons. The molecular weight excluding hydrogens is 184 g/mol. The Morgan fingerprint density at radius 2 is 1.93 bits per heavy atom. The van der Waals surface area contributed by atoms with Crippen LogP contribution in [0.1, 0.15) is 17.3 Å². The van der Waals surface area contributed by atoms with E-state index in [1.165, 1.54) is 17.8 Å². The van der Waals surface area contributed by atoms with Crippen LogP contribution in [0.5, 0.6) is 0 Å². The van der Waals surface area contributed by atoms with E-state index in [1.807, 2.05) is 0 Å². The van der Waals surface area contributed by atoms with Gasteiger partial charge in [-0.2, -0.15) is 0 Å². The summed E-state index contributed by atoms with van der Waals surface area (Å²) in [4.78, 5) is 0. The van der Waals surface area contributed by atoms with Crippen LogP contribution in [0.3, 0.4) is 0 Å². The van der Waals surface area contributed by atoms with Crippen LogP contribution in [-0.4, -0.2) is 11.1 Å². The van der Waals surface area contributed by atoms with Gasteiger partial charge in [0.1, 0.15) is 0 Å². The Morgan fingerprint density at radius 3 is 2.80 bits per heavy atom. The van der Waals surface area contributed by atoms with Crippen LogP contribution >= 0.6 is 0 Å². The maximum absolute atomic E-state index is 2.42. The van der Waals surface area contributed by atoms with Gasteiger partial charge in [0.2, 0.25) is 0 Å². The molecule has 2 N–H and O–H groups in total. The van der Waals surface area contributed by atoms with Crippen molar-refractivity contribution in [1.29, 1.82) is 0 Å². The van der Waals surface area contributed by atoms with Crippen molar-refractivity contribution >= 4 is 0 Å². The number of fused-ring (bicyclic) bond motifs is 1. The van der Waals surface area contributed by atoms with Gasteiger partial charge in [-0.1, -0.05) is 30.3 Å². The molecule has 2 aromatic rings. The summed E-state index contributed by atoms with van der Waals surface area (Å²) in [5.74, 6) is 0. The first kappa shape index (κ1) is 8.74. The van der Waals surface area contributed by atoms with Crippen LogP contribution in [0.25, 0.3) is 0 Å². The molecule has 0 amide bonds. The highest BCUT2D eigenvalue weighted by atomic mass is 15.1. The number of nitrogens with two attached hydrogens (primary N) is 1. The van der Waals surface area contributed by atoms with Crippen molar-refractivity contribution in [3.05, 3.63) is 59.9 Å². The number of hydrogen-bond acceptors (Lipinski definition) is 0. The molecule has 2 nitrogen and oxygen atoms in total. The van der Waals surface area contributed by atoms with Crippen molar-refractivity contribution < 1.29 is 5.32 Å². The molecule has 0 fully saturated rings. The second kappa shape index (κ2) is 3.55. The SMILES string of the molecule is c1ccc([C@@H]2[NH2+]CCn3cccc32)cc1. The van der Waals surface area contributed by atoms with Crippen LogP contribution < -0.4 is 5.32 Å². The highest BCUT2D eigenvalue weighted by Crippen LogP contribution is 2.20. The summed E-state index contributed by atoms with van der Waals surface area (Å²) in [6.07, 6.45) is 2.18. The quantitative estimate of drug-likeness (QED) is 0.711. The van der Waals surface area contributed by atoms with Gasteiger partial charge < -0.3 is 9.88 Å². The van der Waals surface area contributed by atoms with Crippen molar-refractivity contribution in [2.75, 3.05) is 6.54 Å². The Hall–Kier alpha value is -1.54. The van der Waals surface area contributed by atoms with Crippen LogP contribution in [0.15, 0.2) is 48.7 Å². The smallest absolute Gasteiger partial charge is 0.152 e. The van der Waals surface area contributed by atoms with Gasteiger partial charge in [-0.25, -0.2) is 0 Å². The Balaban J connectivity index is 2.03. The normalized spacial score (nSPS) is 19.9. The molecule has 0 saturated carbocycles. The first-order chi connectivity index (χ1) is 7.45. The zero-order valence-corrected chi connectivity index (χ0v) is 8.63. The molecule has 0 saturated heterocycles. The second-order valence-corrected chi connectivity index (χ2v) is 4.04. The van der Waals surface area contributed by atoms with Crippen LogP contribution in [0.4, 0.5) is 0 Å². The third kappa shape index (κ3) is 1.47. The molecule has 1 aromatic heterocycles. The minimum absolute atomic E-state index is 0.481. The van der Waals surface area contributed by atoms with Crippen molar-refractivity contribution in [2.24, 2.45) is 0 Å². The van der Waals surface area contributed by atoms with E-state index in [1.54, 1.807) is 0 Å². The van der Waals surface area contributed by atoms with Crippen molar-refractivity contribution in [1.82, 2.24) is 4.57 Å². The molecule has 1 aromatic carbocycles. The molecule has 1 aliphatic rings. The topological polar surface area (TPSA) is 21.5 Å². The summed E-state index contributed by atoms with van der Waals surface area (Å²) in [7, 11) is 0. The number of aromatic nitrogens is 1. The number of quaternary nitrogens is 1. The van der Waals surface area contributed by atoms with E-state index in [0.717, 1.165) is 6.54 Å². The first-order valence-electron chi connectivity index (χ1n) is 5.48. The summed E-state index contributed by atoms with van der Waals surface area (Å²) < 4.78 is 2.36. The molecule has 2 heteroatoms. The Kier molecular flexibility index (Phi) is 2.07. The van der Waals surface area contributed by atoms with Gasteiger partial charge in [0.25, 0.3) is 0 Å². The van der Waals surface area contributed by atoms with Crippen LogP contribution in [-0.2, 0) is 6.54 Å². The monoisotopic (exact) mass is 199 g/mol. The summed E-state index contributed by atoms with van der Waals surface area (Å²) >= 11 is 0. The van der Waals surface area contributed by atoms with Crippen LogP contribution in [0.2, 0.25) is 0 Å². The summed E-state index contributed by atoms with van der Waals surface area (Å²) in [6.45, 7) is 2.30. The third-order valence-electron chi connectivity index (χ3n) is 3.11. The Labute approximate surface area is 89.5 Å². The number of rotatable bonds is 1. The van der Waals surface area contributed by atoms with Gasteiger partial charge in [-0.3, -0.25) is 0 Å². The van der Waals surface area contributed by atoms with Crippen molar-refractivity contribution in [3.8, 4) is 0 Å². The van der Waals surface area contributed by atoms with E-state index in [9.17, 15) is 0 Å². The summed E-state index contributed by atoms with van der Waals surface area (Å²) in [6, 6.07) is 15.6. The maximum Gasteiger partial charge on any atom is 0.152 e. The number of benzene rings is 1. The van der Waals surface area contributed by atoms with Gasteiger partial charge in [-0.05, 0) is 12.1 Å². The van der Waals surface area contributed by atoms with Crippen molar-refractivity contribution in [2.45, 2.75) is 12.6 Å². The molecule has 0 spiro atoms. The summed E-state index contributed by atoms with van der Waals surface area (Å²) in [5, 5.41) is 2.42. The highest BCUT2D eigenvalue weighted by molar-refractivity contribution is 5.26. The molecule has 0 bridgehead atoms. The molecule has 0 unspecified atom stereocenters. The molecule has 1 atom stereocenters. The largest absolute Gasteiger partial charge is 0.341 e. The van der Waals surface area contributed by atoms with Gasteiger partial charge in [0.05, 0.1) is 18.8 Å². The fourth-order valence-electron chi connectivity index (χ4n) is 2.38. The van der Waals surface area contributed by atoms with Crippen LogP contribution in [0, 0.1) is 0 Å². The molecule has 3 rings (SSSR count). The zero-order chi connectivity index (χ0) is 10.1. The zero-order valence-electron chi connectivity index (χ0n) is 8.63. The van der Waals surface area contributed by atoms with E-state index in [0.29, 0.717) is 6.04 Å². The second-order valence-electron chi connectivity index (χ2n) is 4.04. The molecular formula is C13H15N2+. The lowest BCUT2D eigenvalue weighted by atomic mass is 10.0. The van der Waals surface area contributed by atoms with E-state index < -0.39 is 0 Å². The lowest BCUT2D eigenvalue weighted by Gasteiger charge is -2.23. The van der Waals surface area contributed by atoms with Gasteiger partial charge in [0.15, 0.2) is 6.04 Å². The minimum Gasteiger partial charge on any atom is -0.341 e. The third-order valence-corrected chi connectivity index (χ3v) is 3.11. The van der Waals surface area contributed by atoms with Gasteiger partial charge in [-0.15, -0.1) is 0 Å². The number of nitrogens with zero attached hydrogens (tertiary/aromatic N) is 1. The first-order valence-corrected chi connectivity index (χ1v) is 5.48. The summed E-state index contributed by atoms with van der Waals surface area (Å²) in [5.41, 5.74) is 2.82. The van der Waals surface area contributed by atoms with Gasteiger partial charge in [0, 0.05) is 11.8 Å². The Bertz CT molecular complexity index is 445. The lowest BCUT2D eigenvalue weighted by Crippen LogP contribution is -2.88. The average molecular weight is 199 g/mol. The molecule has 1 aliphatic heterocycles. The Morgan fingerprint density at radius 1 is 1.07 bits per heavy atom. The standard InChI is InChI=1S/C13H14N2/c1-2-5-11(6-3-1)13-12-7-4-9-15(12)10-8-14-13/h1-7,9,13-14H,8,10H2/p+1/t13-/m0/s1. The highest BCUT2D eigenvalue weighted by Gasteiger charge is 2.23. The fraction of sp³-hybridized carbons (Fsp3) is 0.231. The van der Waals surface area contributed by atoms with Crippen molar-refractivity contribution in [3.63, 3.8) is 0 Å². The van der Waals surface area contributed by atoms with Gasteiger partial charge >= 0.3 is 0 Å². The molecule has 2 heterocycles. The predicted octanol–water partition coefficient (Wildman–Crippen LogP) is 1.15. The average Bonchev–Trinajstić information content (AvgIpc) is 2.78. The van der Waals surface area contributed by atoms with E-state index >= 15 is 0 Å². The lowest BCUT2D eigenvalue weighted by molar-refractivity contribution is -0.693. The van der Waals surface area contributed by atoms with E-state index in [4.69, 9.17) is 0 Å². The molecule has 0 aliphatic carbocycles. The number of hydrogen-bond donors (Lipinski definition) is 1. The molecule has 15 heavy (non-hydrogen) atoms. The fourth-order valence-corrected chi connectivity index (χ4v) is 2.38. The predicted molar refractivity (Wildman–Crippen MR) is 59.5 cm³/mol. The minimum atomic E-state index is 0.481. The maximum atomic E-state index is 2.42. The molecule has 76 valence electrons.